The maximum Gasteiger partial charge on any atom is 0.220 e. The third kappa shape index (κ3) is 33.9. The van der Waals surface area contributed by atoms with Gasteiger partial charge in [-0.25, -0.2) is 0 Å². The monoisotopic (exact) mass is 1270 g/mol. The van der Waals surface area contributed by atoms with E-state index in [1.54, 1.807) is 6.08 Å². The lowest BCUT2D eigenvalue weighted by molar-refractivity contribution is -0.379. The SMILES string of the molecule is CC/C=C\C/C=C\C/C=C\C/C=C\CCCCCCCCCCCCCCCCCCCCCCC(=O)NC(COC1OC(CO)C(OC2OC(CO)C(OC3OC(CO)C(O)C(O)C3O)C(O)C2O)C(O)C1O)C(O)/C=C/CCCCCCCCCCC. The smallest absolute Gasteiger partial charge is 0.220 e. The molecule has 3 aliphatic rings. The van der Waals surface area contributed by atoms with Crippen molar-refractivity contribution in [2.45, 2.75) is 349 Å². The maximum atomic E-state index is 13.4. The van der Waals surface area contributed by atoms with Crippen LogP contribution in [0.2, 0.25) is 0 Å². The van der Waals surface area contributed by atoms with Crippen LogP contribution in [0.4, 0.5) is 0 Å². The van der Waals surface area contributed by atoms with Gasteiger partial charge >= 0.3 is 0 Å². The van der Waals surface area contributed by atoms with Crippen molar-refractivity contribution in [1.29, 1.82) is 0 Å². The van der Waals surface area contributed by atoms with Crippen LogP contribution in [0.1, 0.15) is 245 Å². The Labute approximate surface area is 535 Å². The third-order valence-electron chi connectivity index (χ3n) is 17.3. The molecule has 3 heterocycles. The molecule has 12 N–H and O–H groups in total. The van der Waals surface area contributed by atoms with Crippen molar-refractivity contribution in [1.82, 2.24) is 5.32 Å². The third-order valence-corrected chi connectivity index (χ3v) is 17.3. The summed E-state index contributed by atoms with van der Waals surface area (Å²) in [7, 11) is 0. The van der Waals surface area contributed by atoms with E-state index >= 15 is 0 Å². The molecule has 0 aromatic heterocycles. The van der Waals surface area contributed by atoms with Gasteiger partial charge in [0, 0.05) is 6.42 Å². The zero-order valence-corrected chi connectivity index (χ0v) is 54.6. The fraction of sp³-hybridized carbons (Fsp3) is 0.843. The largest absolute Gasteiger partial charge is 0.394 e. The summed E-state index contributed by atoms with van der Waals surface area (Å²) in [4.78, 5) is 13.4. The average Bonchev–Trinajstić information content (AvgIpc) is 1.33. The summed E-state index contributed by atoms with van der Waals surface area (Å²) in [5.74, 6) is -0.276. The summed E-state index contributed by atoms with van der Waals surface area (Å²) in [5, 5.41) is 120. The van der Waals surface area contributed by atoms with Gasteiger partial charge in [-0.15, -0.1) is 0 Å². The highest BCUT2D eigenvalue weighted by Gasteiger charge is 2.53. The Balaban J connectivity index is 1.33. The van der Waals surface area contributed by atoms with Crippen molar-refractivity contribution in [2.75, 3.05) is 26.4 Å². The standard InChI is InChI=1S/C70H125NO18/c1-3-5-7-9-11-13-15-16-17-18-19-20-21-22-23-24-25-26-27-28-29-30-31-32-33-34-35-36-38-40-42-44-46-48-58(76)71-53(54(75)47-45-43-41-39-37-14-12-10-8-6-4-2)52-84-68-64(82)61(79)66(56(50-73)86-68)89-70-65(83)62(80)67(57(51-74)87-70)88-69-63(81)60(78)59(77)55(49-72)85-69/h5,7,11,13,16-17,19-20,45,47,53-57,59-70,72-75,77-83H,3-4,6,8-10,12,14-15,18,21-44,46,48-52H2,1-2H3,(H,71,76)/b7-5-,13-11-,17-16-,20-19-,47-45+. The van der Waals surface area contributed by atoms with Gasteiger partial charge in [0.25, 0.3) is 0 Å². The van der Waals surface area contributed by atoms with E-state index in [1.807, 2.05) is 6.08 Å². The number of hydrogen-bond donors (Lipinski definition) is 12. The van der Waals surface area contributed by atoms with Gasteiger partial charge in [0.2, 0.25) is 5.91 Å². The number of nitrogens with one attached hydrogen (secondary N) is 1. The molecule has 19 heteroatoms. The van der Waals surface area contributed by atoms with Crippen LogP contribution in [0.25, 0.3) is 0 Å². The van der Waals surface area contributed by atoms with Crippen LogP contribution in [0, 0.1) is 0 Å². The molecule has 0 aromatic rings. The topological polar surface area (TPSA) is 307 Å². The van der Waals surface area contributed by atoms with Crippen molar-refractivity contribution >= 4 is 5.91 Å². The molecule has 19 nitrogen and oxygen atoms in total. The molecule has 17 unspecified atom stereocenters. The van der Waals surface area contributed by atoms with Crippen LogP contribution < -0.4 is 5.32 Å². The van der Waals surface area contributed by atoms with Crippen LogP contribution in [0.15, 0.2) is 60.8 Å². The highest BCUT2D eigenvalue weighted by atomic mass is 16.8. The maximum absolute atomic E-state index is 13.4. The lowest BCUT2D eigenvalue weighted by Crippen LogP contribution is -2.66. The normalized spacial score (nSPS) is 28.6. The van der Waals surface area contributed by atoms with Gasteiger partial charge in [0.1, 0.15) is 73.2 Å². The number of amides is 1. The molecule has 0 spiro atoms. The number of aliphatic hydroxyl groups is 11. The second-order valence-electron chi connectivity index (χ2n) is 25.0. The molecule has 0 saturated carbocycles. The molecule has 89 heavy (non-hydrogen) atoms. The lowest BCUT2D eigenvalue weighted by Gasteiger charge is -2.48. The van der Waals surface area contributed by atoms with E-state index in [0.717, 1.165) is 70.6 Å². The first-order valence-corrected chi connectivity index (χ1v) is 35.0. The zero-order chi connectivity index (χ0) is 64.7. The Hall–Kier alpha value is -2.51. The molecule has 0 bridgehead atoms. The summed E-state index contributed by atoms with van der Waals surface area (Å²) in [6.07, 6.45) is 36.6. The Morgan fingerprint density at radius 2 is 0.775 bits per heavy atom. The second-order valence-corrected chi connectivity index (χ2v) is 25.0. The molecule has 518 valence electrons. The van der Waals surface area contributed by atoms with Gasteiger partial charge < -0.3 is 89.9 Å². The number of rotatable bonds is 53. The van der Waals surface area contributed by atoms with Crippen molar-refractivity contribution in [3.63, 3.8) is 0 Å². The minimum Gasteiger partial charge on any atom is -0.394 e. The summed E-state index contributed by atoms with van der Waals surface area (Å²) in [5.41, 5.74) is 0. The highest BCUT2D eigenvalue weighted by Crippen LogP contribution is 2.33. The molecule has 0 radical (unpaired) electrons. The molecule has 3 saturated heterocycles. The number of aliphatic hydroxyl groups excluding tert-OH is 11. The number of unbranched alkanes of at least 4 members (excludes halogenated alkanes) is 29. The van der Waals surface area contributed by atoms with Crippen molar-refractivity contribution < 1.29 is 89.4 Å². The van der Waals surface area contributed by atoms with Gasteiger partial charge in [0.15, 0.2) is 18.9 Å². The number of hydrogen-bond acceptors (Lipinski definition) is 18. The Morgan fingerprint density at radius 3 is 1.21 bits per heavy atom. The van der Waals surface area contributed by atoms with E-state index in [1.165, 1.54) is 148 Å². The second kappa shape index (κ2) is 51.8. The molecule has 3 rings (SSSR count). The van der Waals surface area contributed by atoms with E-state index < -0.39 is 124 Å². The number of carbonyl (C=O) groups is 1. The molecule has 0 aromatic carbocycles. The molecule has 1 amide bonds. The molecule has 3 aliphatic heterocycles. The van der Waals surface area contributed by atoms with E-state index in [4.69, 9.17) is 28.4 Å². The van der Waals surface area contributed by atoms with Crippen LogP contribution in [0.5, 0.6) is 0 Å². The minimum absolute atomic E-state index is 0.244. The predicted octanol–water partition coefficient (Wildman–Crippen LogP) is 9.16. The first kappa shape index (κ1) is 80.7. The number of carbonyl (C=O) groups excluding carboxylic acids is 1. The summed E-state index contributed by atoms with van der Waals surface area (Å²) in [6, 6.07) is -0.972. The quantitative estimate of drug-likeness (QED) is 0.0199. The summed E-state index contributed by atoms with van der Waals surface area (Å²) < 4.78 is 34.3. The average molecular weight is 1270 g/mol. The van der Waals surface area contributed by atoms with Crippen LogP contribution >= 0.6 is 0 Å². The van der Waals surface area contributed by atoms with Crippen LogP contribution in [-0.2, 0) is 33.2 Å². The first-order valence-electron chi connectivity index (χ1n) is 35.0. The summed E-state index contributed by atoms with van der Waals surface area (Å²) in [6.45, 7) is 1.60. The summed E-state index contributed by atoms with van der Waals surface area (Å²) >= 11 is 0. The molecule has 0 aliphatic carbocycles. The lowest BCUT2D eigenvalue weighted by atomic mass is 9.96. The van der Waals surface area contributed by atoms with Gasteiger partial charge in [-0.3, -0.25) is 4.79 Å². The Bertz CT molecular complexity index is 1850. The predicted molar refractivity (Wildman–Crippen MR) is 346 cm³/mol. The fourth-order valence-corrected chi connectivity index (χ4v) is 11.7. The molecule has 3 fully saturated rings. The Morgan fingerprint density at radius 1 is 0.416 bits per heavy atom. The zero-order valence-electron chi connectivity index (χ0n) is 54.6. The highest BCUT2D eigenvalue weighted by molar-refractivity contribution is 5.76. The van der Waals surface area contributed by atoms with Gasteiger partial charge in [0.05, 0.1) is 38.6 Å². The number of allylic oxidation sites excluding steroid dienone is 9. The van der Waals surface area contributed by atoms with Crippen molar-refractivity contribution in [3.8, 4) is 0 Å². The molecule has 17 atom stereocenters. The van der Waals surface area contributed by atoms with E-state index in [9.17, 15) is 61.0 Å². The van der Waals surface area contributed by atoms with Gasteiger partial charge in [-0.2, -0.15) is 0 Å². The van der Waals surface area contributed by atoms with Crippen LogP contribution in [0.3, 0.4) is 0 Å². The van der Waals surface area contributed by atoms with Crippen molar-refractivity contribution in [2.24, 2.45) is 0 Å². The van der Waals surface area contributed by atoms with E-state index in [0.29, 0.717) is 6.42 Å². The van der Waals surface area contributed by atoms with Crippen molar-refractivity contribution in [3.05, 3.63) is 60.8 Å². The molecular weight excluding hydrogens is 1140 g/mol. The fourth-order valence-electron chi connectivity index (χ4n) is 11.7. The van der Waals surface area contributed by atoms with E-state index in [2.05, 4.69) is 67.8 Å². The molecular formula is C70H125NO18. The van der Waals surface area contributed by atoms with Crippen LogP contribution in [-0.4, -0.2) is 193 Å². The first-order chi connectivity index (χ1) is 43.3. The number of ether oxygens (including phenoxy) is 6. The Kier molecular flexibility index (Phi) is 47.0. The minimum atomic E-state index is -1.98. The van der Waals surface area contributed by atoms with E-state index in [-0.39, 0.29) is 18.9 Å². The van der Waals surface area contributed by atoms with Gasteiger partial charge in [-0.1, -0.05) is 242 Å². The van der Waals surface area contributed by atoms with Gasteiger partial charge in [-0.05, 0) is 57.8 Å².